The molecule has 1 amide bonds. The number of carbonyl (C=O) groups excluding carboxylic acids is 1. The SMILES string of the molecule is Cc1ccc(C2(C(=O)N3CCCN(C4CC4)CC3)CCOCC2)cc1. The normalized spacial score (nSPS) is 24.8. The fourth-order valence-electron chi connectivity index (χ4n) is 4.47. The van der Waals surface area contributed by atoms with Gasteiger partial charge in [0.25, 0.3) is 0 Å². The highest BCUT2D eigenvalue weighted by Gasteiger charge is 2.44. The summed E-state index contributed by atoms with van der Waals surface area (Å²) in [6.45, 7) is 7.43. The molecule has 1 aliphatic carbocycles. The van der Waals surface area contributed by atoms with E-state index in [0.29, 0.717) is 19.1 Å². The molecule has 136 valence electrons. The van der Waals surface area contributed by atoms with Gasteiger partial charge in [0.15, 0.2) is 0 Å². The lowest BCUT2D eigenvalue weighted by atomic mass is 9.72. The Kier molecular flexibility index (Phi) is 4.83. The number of aryl methyl sites for hydroxylation is 1. The van der Waals surface area contributed by atoms with Gasteiger partial charge in [-0.1, -0.05) is 29.8 Å². The molecule has 3 fully saturated rings. The lowest BCUT2D eigenvalue weighted by Crippen LogP contribution is -2.51. The minimum Gasteiger partial charge on any atom is -0.381 e. The summed E-state index contributed by atoms with van der Waals surface area (Å²) in [5, 5.41) is 0. The fraction of sp³-hybridized carbons (Fsp3) is 0.667. The summed E-state index contributed by atoms with van der Waals surface area (Å²) in [4.78, 5) is 18.4. The quantitative estimate of drug-likeness (QED) is 0.847. The number of ether oxygens (including phenoxy) is 1. The van der Waals surface area contributed by atoms with Crippen LogP contribution in [0.3, 0.4) is 0 Å². The highest BCUT2D eigenvalue weighted by atomic mass is 16.5. The number of benzene rings is 1. The van der Waals surface area contributed by atoms with Gasteiger partial charge in [-0.25, -0.2) is 0 Å². The molecule has 0 atom stereocenters. The van der Waals surface area contributed by atoms with E-state index in [4.69, 9.17) is 4.74 Å². The molecular formula is C21H30N2O2. The van der Waals surface area contributed by atoms with Gasteiger partial charge >= 0.3 is 0 Å². The summed E-state index contributed by atoms with van der Waals surface area (Å²) in [6, 6.07) is 9.39. The van der Waals surface area contributed by atoms with E-state index < -0.39 is 0 Å². The molecule has 0 bridgehead atoms. The van der Waals surface area contributed by atoms with Gasteiger partial charge in [0.1, 0.15) is 0 Å². The van der Waals surface area contributed by atoms with Crippen LogP contribution in [0.1, 0.15) is 43.2 Å². The molecule has 2 aliphatic heterocycles. The zero-order valence-corrected chi connectivity index (χ0v) is 15.4. The highest BCUT2D eigenvalue weighted by Crippen LogP contribution is 2.37. The molecule has 0 aromatic heterocycles. The van der Waals surface area contributed by atoms with E-state index in [1.165, 1.54) is 24.0 Å². The van der Waals surface area contributed by atoms with Crippen molar-refractivity contribution in [2.24, 2.45) is 0 Å². The number of nitrogens with zero attached hydrogens (tertiary/aromatic N) is 2. The summed E-state index contributed by atoms with van der Waals surface area (Å²) >= 11 is 0. The van der Waals surface area contributed by atoms with Gasteiger partial charge in [0, 0.05) is 45.4 Å². The molecule has 1 aromatic carbocycles. The van der Waals surface area contributed by atoms with Crippen molar-refractivity contribution in [2.75, 3.05) is 39.4 Å². The highest BCUT2D eigenvalue weighted by molar-refractivity contribution is 5.88. The summed E-state index contributed by atoms with van der Waals surface area (Å²) < 4.78 is 5.61. The van der Waals surface area contributed by atoms with Crippen LogP contribution in [-0.2, 0) is 14.9 Å². The van der Waals surface area contributed by atoms with Gasteiger partial charge in [0.2, 0.25) is 5.91 Å². The minimum atomic E-state index is -0.388. The van der Waals surface area contributed by atoms with Crippen molar-refractivity contribution in [3.05, 3.63) is 35.4 Å². The first kappa shape index (κ1) is 17.0. The maximum Gasteiger partial charge on any atom is 0.233 e. The second-order valence-electron chi connectivity index (χ2n) is 7.97. The Morgan fingerprint density at radius 3 is 2.44 bits per heavy atom. The van der Waals surface area contributed by atoms with Crippen molar-refractivity contribution in [1.82, 2.24) is 9.80 Å². The second kappa shape index (κ2) is 7.08. The largest absolute Gasteiger partial charge is 0.381 e. The van der Waals surface area contributed by atoms with Gasteiger partial charge < -0.3 is 9.64 Å². The molecule has 3 aliphatic rings. The lowest BCUT2D eigenvalue weighted by Gasteiger charge is -2.40. The van der Waals surface area contributed by atoms with Crippen LogP contribution in [0.25, 0.3) is 0 Å². The minimum absolute atomic E-state index is 0.331. The number of amides is 1. The van der Waals surface area contributed by atoms with E-state index in [0.717, 1.165) is 51.5 Å². The van der Waals surface area contributed by atoms with Crippen molar-refractivity contribution in [3.8, 4) is 0 Å². The first-order valence-corrected chi connectivity index (χ1v) is 9.87. The van der Waals surface area contributed by atoms with E-state index in [2.05, 4.69) is 41.0 Å². The van der Waals surface area contributed by atoms with E-state index in [1.807, 2.05) is 0 Å². The van der Waals surface area contributed by atoms with Crippen LogP contribution in [0.4, 0.5) is 0 Å². The van der Waals surface area contributed by atoms with Crippen LogP contribution in [0.2, 0.25) is 0 Å². The predicted molar refractivity (Wildman–Crippen MR) is 98.7 cm³/mol. The molecule has 2 heterocycles. The van der Waals surface area contributed by atoms with E-state index >= 15 is 0 Å². The van der Waals surface area contributed by atoms with Gasteiger partial charge in [-0.15, -0.1) is 0 Å². The average molecular weight is 342 g/mol. The topological polar surface area (TPSA) is 32.8 Å². The average Bonchev–Trinajstić information content (AvgIpc) is 3.48. The molecule has 0 radical (unpaired) electrons. The van der Waals surface area contributed by atoms with Gasteiger partial charge in [-0.3, -0.25) is 9.69 Å². The van der Waals surface area contributed by atoms with Crippen molar-refractivity contribution in [2.45, 2.75) is 50.5 Å². The summed E-state index contributed by atoms with van der Waals surface area (Å²) in [5.41, 5.74) is 2.03. The molecule has 0 N–H and O–H groups in total. The summed E-state index contributed by atoms with van der Waals surface area (Å²) in [6.07, 6.45) is 5.40. The Hall–Kier alpha value is -1.39. The monoisotopic (exact) mass is 342 g/mol. The summed E-state index contributed by atoms with van der Waals surface area (Å²) in [5.74, 6) is 0.331. The number of hydrogen-bond acceptors (Lipinski definition) is 3. The van der Waals surface area contributed by atoms with Crippen molar-refractivity contribution < 1.29 is 9.53 Å². The molecule has 1 aromatic rings. The van der Waals surface area contributed by atoms with E-state index in [-0.39, 0.29) is 5.41 Å². The maximum absolute atomic E-state index is 13.7. The molecule has 4 heteroatoms. The molecule has 1 saturated carbocycles. The van der Waals surface area contributed by atoms with Crippen LogP contribution in [0, 0.1) is 6.92 Å². The fourth-order valence-corrected chi connectivity index (χ4v) is 4.47. The first-order chi connectivity index (χ1) is 12.2. The number of hydrogen-bond donors (Lipinski definition) is 0. The lowest BCUT2D eigenvalue weighted by molar-refractivity contribution is -0.141. The molecule has 0 unspecified atom stereocenters. The predicted octanol–water partition coefficient (Wildman–Crippen LogP) is 2.74. The van der Waals surface area contributed by atoms with Crippen LogP contribution in [0.15, 0.2) is 24.3 Å². The third kappa shape index (κ3) is 3.47. The maximum atomic E-state index is 13.7. The molecule has 2 saturated heterocycles. The van der Waals surface area contributed by atoms with Crippen molar-refractivity contribution in [3.63, 3.8) is 0 Å². The molecule has 25 heavy (non-hydrogen) atoms. The number of carbonyl (C=O) groups is 1. The van der Waals surface area contributed by atoms with Gasteiger partial charge in [-0.05, 0) is 44.6 Å². The van der Waals surface area contributed by atoms with E-state index in [9.17, 15) is 4.79 Å². The second-order valence-corrected chi connectivity index (χ2v) is 7.97. The third-order valence-corrected chi connectivity index (χ3v) is 6.24. The van der Waals surface area contributed by atoms with Gasteiger partial charge in [-0.2, -0.15) is 0 Å². The van der Waals surface area contributed by atoms with Crippen LogP contribution >= 0.6 is 0 Å². The molecular weight excluding hydrogens is 312 g/mol. The Morgan fingerprint density at radius 1 is 1.04 bits per heavy atom. The van der Waals surface area contributed by atoms with Crippen LogP contribution < -0.4 is 0 Å². The van der Waals surface area contributed by atoms with E-state index in [1.54, 1.807) is 0 Å². The Labute approximate surface area is 151 Å². The Morgan fingerprint density at radius 2 is 1.76 bits per heavy atom. The zero-order chi connectivity index (χ0) is 17.3. The zero-order valence-electron chi connectivity index (χ0n) is 15.4. The molecule has 4 nitrogen and oxygen atoms in total. The van der Waals surface area contributed by atoms with Crippen molar-refractivity contribution in [1.29, 1.82) is 0 Å². The summed E-state index contributed by atoms with van der Waals surface area (Å²) in [7, 11) is 0. The third-order valence-electron chi connectivity index (χ3n) is 6.24. The Balaban J connectivity index is 1.56. The van der Waals surface area contributed by atoms with Crippen LogP contribution in [0.5, 0.6) is 0 Å². The molecule has 0 spiro atoms. The van der Waals surface area contributed by atoms with Crippen molar-refractivity contribution >= 4 is 5.91 Å². The Bertz CT molecular complexity index is 603. The van der Waals surface area contributed by atoms with Gasteiger partial charge in [0.05, 0.1) is 5.41 Å². The molecule has 4 rings (SSSR count). The smallest absolute Gasteiger partial charge is 0.233 e. The standard InChI is InChI=1S/C21H30N2O2/c1-17-3-5-18(6-4-17)21(9-15-25-16-10-21)20(24)23-12-2-11-22(13-14-23)19-7-8-19/h3-6,19H,2,7-16H2,1H3. The number of rotatable bonds is 3. The van der Waals surface area contributed by atoms with Crippen LogP contribution in [-0.4, -0.2) is 61.1 Å². The first-order valence-electron chi connectivity index (χ1n) is 9.87.